The molecule has 1 saturated heterocycles. The first kappa shape index (κ1) is 27.2. The van der Waals surface area contributed by atoms with E-state index in [2.05, 4.69) is 5.32 Å². The molecule has 1 heterocycles. The molecule has 0 spiro atoms. The molecular weight excluding hydrogens is 508 g/mol. The van der Waals surface area contributed by atoms with Gasteiger partial charge in [-0.05, 0) is 32.8 Å². The first-order valence-corrected chi connectivity index (χ1v) is 13.0. The number of ether oxygens (including phenoxy) is 2. The molecule has 6 atom stereocenters. The minimum atomic E-state index is -0.967. The minimum Gasteiger partial charge on any atom is -0.507 e. The van der Waals surface area contributed by atoms with Crippen LogP contribution >= 0.6 is 0 Å². The van der Waals surface area contributed by atoms with Gasteiger partial charge in [-0.15, -0.1) is 0 Å². The van der Waals surface area contributed by atoms with Crippen LogP contribution in [0.2, 0.25) is 0 Å². The molecule has 1 aliphatic heterocycles. The molecule has 0 aromatic heterocycles. The Bertz CT molecular complexity index is 1350. The number of carbonyl (C=O) groups is 3. The van der Waals surface area contributed by atoms with Crippen molar-refractivity contribution in [2.75, 3.05) is 18.5 Å². The molecule has 0 radical (unpaired) electrons. The van der Waals surface area contributed by atoms with Crippen molar-refractivity contribution in [1.29, 1.82) is 0 Å². The summed E-state index contributed by atoms with van der Waals surface area (Å²) in [5.41, 5.74) is 6.05. The maximum atomic E-state index is 13.8. The summed E-state index contributed by atoms with van der Waals surface area (Å²) in [4.78, 5) is 39.8. The Kier molecular flexibility index (Phi) is 7.21. The van der Waals surface area contributed by atoms with Gasteiger partial charge < -0.3 is 41.0 Å². The first-order valence-electron chi connectivity index (χ1n) is 13.0. The van der Waals surface area contributed by atoms with Crippen LogP contribution in [-0.2, 0) is 20.7 Å². The lowest BCUT2D eigenvalue weighted by atomic mass is 9.73. The van der Waals surface area contributed by atoms with E-state index in [0.29, 0.717) is 5.69 Å². The summed E-state index contributed by atoms with van der Waals surface area (Å²) in [7, 11) is 0. The average molecular weight is 541 g/mol. The van der Waals surface area contributed by atoms with Crippen LogP contribution in [0, 0.1) is 5.92 Å². The zero-order valence-corrected chi connectivity index (χ0v) is 21.6. The van der Waals surface area contributed by atoms with Gasteiger partial charge in [-0.3, -0.25) is 14.4 Å². The largest absolute Gasteiger partial charge is 0.507 e. The van der Waals surface area contributed by atoms with Gasteiger partial charge in [-0.2, -0.15) is 0 Å². The van der Waals surface area contributed by atoms with Crippen LogP contribution in [0.1, 0.15) is 75.8 Å². The number of hydrogen-bond acceptors (Lipinski definition) is 11. The Morgan fingerprint density at radius 3 is 2.51 bits per heavy atom. The van der Waals surface area contributed by atoms with Crippen molar-refractivity contribution < 1.29 is 44.3 Å². The van der Waals surface area contributed by atoms with Crippen LogP contribution in [0.3, 0.4) is 0 Å². The van der Waals surface area contributed by atoms with E-state index in [4.69, 9.17) is 15.2 Å². The fraction of sp³-hybridized carbons (Fsp3) is 0.464. The van der Waals surface area contributed by atoms with Crippen LogP contribution in [0.25, 0.3) is 0 Å². The van der Waals surface area contributed by atoms with Gasteiger partial charge in [0.15, 0.2) is 17.9 Å². The van der Waals surface area contributed by atoms with Crippen molar-refractivity contribution in [1.82, 2.24) is 0 Å². The number of carbonyl (C=O) groups excluding carboxylic acids is 3. The summed E-state index contributed by atoms with van der Waals surface area (Å²) in [6, 6.07) is 3.99. The van der Waals surface area contributed by atoms with E-state index < -0.39 is 59.6 Å². The third-order valence-electron chi connectivity index (χ3n) is 7.92. The number of aromatic hydroxyl groups is 2. The Labute approximate surface area is 224 Å². The van der Waals surface area contributed by atoms with E-state index >= 15 is 0 Å². The molecule has 7 N–H and O–H groups in total. The number of hydrogen-bond donors (Lipinski definition) is 6. The van der Waals surface area contributed by atoms with Crippen molar-refractivity contribution in [3.8, 4) is 11.5 Å². The number of Topliss-reactive ketones (excluding diaryl/α,β-unsaturated/α-hetero) is 1. The predicted molar refractivity (Wildman–Crippen MR) is 138 cm³/mol. The van der Waals surface area contributed by atoms with Gasteiger partial charge in [0.2, 0.25) is 0 Å². The van der Waals surface area contributed by atoms with Crippen molar-refractivity contribution in [3.05, 3.63) is 51.6 Å². The second-order valence-corrected chi connectivity index (χ2v) is 10.4. The van der Waals surface area contributed by atoms with Gasteiger partial charge in [-0.1, -0.05) is 12.1 Å². The fourth-order valence-corrected chi connectivity index (χ4v) is 5.87. The molecule has 3 aliphatic rings. The molecule has 0 bridgehead atoms. The Morgan fingerprint density at radius 2 is 1.85 bits per heavy atom. The number of fused-ring (bicyclic) bond motifs is 3. The number of aliphatic hydroxyl groups excluding tert-OH is 2. The second-order valence-electron chi connectivity index (χ2n) is 10.4. The zero-order valence-electron chi connectivity index (χ0n) is 21.6. The number of benzene rings is 2. The van der Waals surface area contributed by atoms with E-state index in [1.54, 1.807) is 19.1 Å². The van der Waals surface area contributed by atoms with E-state index in [1.165, 1.54) is 13.0 Å². The molecule has 2 unspecified atom stereocenters. The molecule has 39 heavy (non-hydrogen) atoms. The highest BCUT2D eigenvalue weighted by Gasteiger charge is 2.44. The fourth-order valence-electron chi connectivity index (χ4n) is 5.87. The van der Waals surface area contributed by atoms with Crippen molar-refractivity contribution in [3.63, 3.8) is 0 Å². The number of nitrogens with two attached hydrogens (primary N) is 1. The topological polar surface area (TPSA) is 189 Å². The summed E-state index contributed by atoms with van der Waals surface area (Å²) in [6.45, 7) is 2.99. The second kappa shape index (κ2) is 10.3. The van der Waals surface area contributed by atoms with Gasteiger partial charge in [0.1, 0.15) is 17.3 Å². The normalized spacial score (nSPS) is 27.9. The van der Waals surface area contributed by atoms with Gasteiger partial charge in [0.05, 0.1) is 41.6 Å². The maximum Gasteiger partial charge on any atom is 0.200 e. The summed E-state index contributed by atoms with van der Waals surface area (Å²) < 4.78 is 12.0. The lowest BCUT2D eigenvalue weighted by Gasteiger charge is -2.40. The Hall–Kier alpha value is -3.35. The molecule has 208 valence electrons. The highest BCUT2D eigenvalue weighted by Crippen LogP contribution is 2.51. The summed E-state index contributed by atoms with van der Waals surface area (Å²) in [6.07, 6.45) is -3.04. The van der Waals surface area contributed by atoms with Crippen LogP contribution in [0.5, 0.6) is 11.5 Å². The van der Waals surface area contributed by atoms with Crippen LogP contribution in [0.4, 0.5) is 5.69 Å². The minimum absolute atomic E-state index is 0.0254. The lowest BCUT2D eigenvalue weighted by Crippen LogP contribution is -2.52. The number of phenolic OH excluding ortho intramolecular Hbond substituents is 2. The highest BCUT2D eigenvalue weighted by atomic mass is 16.7. The monoisotopic (exact) mass is 540 g/mol. The Balaban J connectivity index is 1.63. The van der Waals surface area contributed by atoms with Gasteiger partial charge in [0.25, 0.3) is 0 Å². The summed E-state index contributed by atoms with van der Waals surface area (Å²) >= 11 is 0. The molecule has 0 amide bonds. The third-order valence-corrected chi connectivity index (χ3v) is 7.92. The quantitative estimate of drug-likeness (QED) is 0.247. The number of nitrogens with one attached hydrogen (secondary N) is 1. The number of anilines is 1. The van der Waals surface area contributed by atoms with Crippen LogP contribution in [-0.4, -0.2) is 75.5 Å². The van der Waals surface area contributed by atoms with E-state index in [-0.39, 0.29) is 71.6 Å². The van der Waals surface area contributed by atoms with E-state index in [1.807, 2.05) is 0 Å². The van der Waals surface area contributed by atoms with Gasteiger partial charge in [-0.25, -0.2) is 0 Å². The van der Waals surface area contributed by atoms with Crippen molar-refractivity contribution >= 4 is 23.0 Å². The third kappa shape index (κ3) is 4.50. The molecule has 0 saturated carbocycles. The maximum absolute atomic E-state index is 13.8. The highest BCUT2D eigenvalue weighted by molar-refractivity contribution is 6.32. The average Bonchev–Trinajstić information content (AvgIpc) is 2.90. The summed E-state index contributed by atoms with van der Waals surface area (Å²) in [5, 5.41) is 45.2. The molecule has 2 aliphatic carbocycles. The smallest absolute Gasteiger partial charge is 0.200 e. The van der Waals surface area contributed by atoms with Gasteiger partial charge >= 0.3 is 0 Å². The van der Waals surface area contributed by atoms with Gasteiger partial charge in [0, 0.05) is 47.3 Å². The molecule has 1 fully saturated rings. The molecule has 2 aromatic carbocycles. The first-order chi connectivity index (χ1) is 18.5. The number of ketones is 3. The van der Waals surface area contributed by atoms with E-state index in [0.717, 1.165) is 0 Å². The van der Waals surface area contributed by atoms with Crippen molar-refractivity contribution in [2.24, 2.45) is 11.7 Å². The summed E-state index contributed by atoms with van der Waals surface area (Å²) in [5.74, 6) is -3.03. The molecule has 11 nitrogen and oxygen atoms in total. The Morgan fingerprint density at radius 1 is 1.13 bits per heavy atom. The molecular formula is C28H32N2O9. The molecule has 11 heteroatoms. The SMILES string of the molecule is CC(=O)C1Cc2c(O)c3c(c(O)c2[C@@H](OC2C[C@H](N)[C@H](O)[C@H](C)O2)C1)C(=O)c1c(NCCO)cccc1C3=O. The van der Waals surface area contributed by atoms with Crippen LogP contribution < -0.4 is 11.1 Å². The molecule has 5 rings (SSSR count). The standard InChI is InChI=1S/C28H32N2O9/c1-11(32)13-8-15-21(18(9-13)39-19-10-16(29)24(33)12(2)38-19)28(37)23-22(26(15)35)25(34)14-4-3-5-17(30-6-7-31)20(14)27(23)36/h3-5,12-13,16,18-19,24,30-31,33,35,37H,6-10,29H2,1-2H3/t12-,13?,16-,18-,19?,24+/m0/s1. The van der Waals surface area contributed by atoms with Crippen LogP contribution in [0.15, 0.2) is 18.2 Å². The van der Waals surface area contributed by atoms with Crippen molar-refractivity contribution in [2.45, 2.75) is 63.8 Å². The zero-order chi connectivity index (χ0) is 28.2. The lowest BCUT2D eigenvalue weighted by molar-refractivity contribution is -0.243. The van der Waals surface area contributed by atoms with E-state index in [9.17, 15) is 34.8 Å². The number of phenols is 2. The number of rotatable bonds is 6. The molecule has 2 aromatic rings. The number of aliphatic hydroxyl groups is 2. The predicted octanol–water partition coefficient (Wildman–Crippen LogP) is 1.31.